The molecular formula is C6H13O9P. The number of phosphoric acid groups is 1. The zero-order chi connectivity index (χ0) is 12.7. The first kappa shape index (κ1) is 14.0. The summed E-state index contributed by atoms with van der Waals surface area (Å²) in [5.41, 5.74) is 0. The summed E-state index contributed by atoms with van der Waals surface area (Å²) in [6, 6.07) is 0. The molecule has 10 heteroatoms. The normalized spacial score (nSPS) is 45.7. The molecule has 1 aliphatic rings. The molecule has 0 heterocycles. The van der Waals surface area contributed by atoms with E-state index in [1.54, 1.807) is 0 Å². The number of aliphatic hydroxyl groups excluding tert-OH is 5. The molecule has 0 aromatic heterocycles. The van der Waals surface area contributed by atoms with Crippen molar-refractivity contribution in [1.82, 2.24) is 0 Å². The van der Waals surface area contributed by atoms with E-state index < -0.39 is 44.4 Å². The highest BCUT2D eigenvalue weighted by atomic mass is 31.2. The summed E-state index contributed by atoms with van der Waals surface area (Å²) in [6.45, 7) is 0. The summed E-state index contributed by atoms with van der Waals surface area (Å²) in [6.07, 6.45) is -11.3. The predicted octanol–water partition coefficient (Wildman–Crippen LogP) is -3.72. The Labute approximate surface area is 89.8 Å². The predicted molar refractivity (Wildman–Crippen MR) is 47.0 cm³/mol. The van der Waals surface area contributed by atoms with Crippen molar-refractivity contribution in [3.63, 3.8) is 0 Å². The van der Waals surface area contributed by atoms with E-state index in [4.69, 9.17) is 14.9 Å². The molecule has 1 aliphatic carbocycles. The minimum Gasteiger partial charge on any atom is -0.387 e. The fourth-order valence-corrected chi connectivity index (χ4v) is 2.05. The third-order valence-corrected chi connectivity index (χ3v) is 2.85. The summed E-state index contributed by atoms with van der Waals surface area (Å²) in [7, 11) is -5.01. The summed E-state index contributed by atoms with van der Waals surface area (Å²) >= 11 is 0. The lowest BCUT2D eigenvalue weighted by molar-refractivity contribution is -0.219. The molecule has 16 heavy (non-hydrogen) atoms. The van der Waals surface area contributed by atoms with E-state index in [2.05, 4.69) is 4.52 Å². The lowest BCUT2D eigenvalue weighted by Gasteiger charge is -2.41. The van der Waals surface area contributed by atoms with Gasteiger partial charge >= 0.3 is 7.82 Å². The highest BCUT2D eigenvalue weighted by Gasteiger charge is 2.50. The van der Waals surface area contributed by atoms with Gasteiger partial charge in [0.2, 0.25) is 0 Å². The summed E-state index contributed by atoms with van der Waals surface area (Å²) in [4.78, 5) is 17.0. The van der Waals surface area contributed by atoms with Crippen molar-refractivity contribution < 1.29 is 44.4 Å². The molecule has 0 radical (unpaired) electrons. The topological polar surface area (TPSA) is 168 Å². The second-order valence-corrected chi connectivity index (χ2v) is 4.71. The van der Waals surface area contributed by atoms with Crippen LogP contribution in [-0.4, -0.2) is 71.9 Å². The lowest BCUT2D eigenvalue weighted by Crippen LogP contribution is -2.64. The van der Waals surface area contributed by atoms with Crippen molar-refractivity contribution in [1.29, 1.82) is 0 Å². The molecule has 1 saturated carbocycles. The van der Waals surface area contributed by atoms with Crippen molar-refractivity contribution in [2.45, 2.75) is 36.6 Å². The van der Waals surface area contributed by atoms with Crippen LogP contribution in [0, 0.1) is 0 Å². The van der Waals surface area contributed by atoms with Gasteiger partial charge in [0.1, 0.15) is 36.6 Å². The molecule has 0 amide bonds. The average molecular weight is 260 g/mol. The van der Waals surface area contributed by atoms with E-state index in [0.717, 1.165) is 0 Å². The zero-order valence-corrected chi connectivity index (χ0v) is 8.75. The van der Waals surface area contributed by atoms with Gasteiger partial charge in [-0.05, 0) is 0 Å². The van der Waals surface area contributed by atoms with Crippen LogP contribution in [-0.2, 0) is 9.09 Å². The van der Waals surface area contributed by atoms with Crippen LogP contribution in [0.3, 0.4) is 0 Å². The molecule has 0 aromatic carbocycles. The highest BCUT2D eigenvalue weighted by Crippen LogP contribution is 2.41. The Morgan fingerprint density at radius 1 is 0.750 bits per heavy atom. The minimum atomic E-state index is -5.01. The highest BCUT2D eigenvalue weighted by molar-refractivity contribution is 7.46. The Bertz CT molecular complexity index is 274. The molecule has 0 aliphatic heterocycles. The molecular weight excluding hydrogens is 247 g/mol. The quantitative estimate of drug-likeness (QED) is 0.247. The second kappa shape index (κ2) is 4.65. The monoisotopic (exact) mass is 260 g/mol. The lowest BCUT2D eigenvalue weighted by atomic mass is 9.85. The standard InChI is InChI=1S/C6H13O9P/c7-1-2(8)4(10)6(5(11)3(1)9)15-16(12,13)14/h1-11H,(H2,12,13,14)/t1-,2-,3+,4+,5-,6+. The van der Waals surface area contributed by atoms with Gasteiger partial charge < -0.3 is 35.3 Å². The van der Waals surface area contributed by atoms with E-state index in [1.165, 1.54) is 0 Å². The average Bonchev–Trinajstić information content (AvgIpc) is 2.17. The van der Waals surface area contributed by atoms with Crippen LogP contribution >= 0.6 is 7.82 Å². The van der Waals surface area contributed by atoms with Crippen LogP contribution < -0.4 is 0 Å². The maximum Gasteiger partial charge on any atom is 0.470 e. The fourth-order valence-electron chi connectivity index (χ4n) is 1.48. The van der Waals surface area contributed by atoms with Gasteiger partial charge in [-0.1, -0.05) is 0 Å². The Morgan fingerprint density at radius 2 is 1.06 bits per heavy atom. The van der Waals surface area contributed by atoms with Gasteiger partial charge in [0, 0.05) is 0 Å². The van der Waals surface area contributed by atoms with Crippen LogP contribution in [0.5, 0.6) is 0 Å². The number of aliphatic hydroxyl groups is 5. The van der Waals surface area contributed by atoms with Crippen LogP contribution in [0.15, 0.2) is 0 Å². The zero-order valence-electron chi connectivity index (χ0n) is 7.86. The molecule has 0 unspecified atom stereocenters. The van der Waals surface area contributed by atoms with Crippen LogP contribution in [0.2, 0.25) is 0 Å². The molecule has 0 spiro atoms. The Balaban J connectivity index is 2.87. The number of phosphoric ester groups is 1. The molecule has 0 saturated heterocycles. The van der Waals surface area contributed by atoms with Gasteiger partial charge in [-0.3, -0.25) is 4.52 Å². The Hall–Kier alpha value is -0.0900. The SMILES string of the molecule is O=P(O)(O)O[C@@H]1[C@H](O)[C@@H](O)[C@H](O)[C@@H](O)[C@@H]1O. The Morgan fingerprint density at radius 3 is 1.38 bits per heavy atom. The van der Waals surface area contributed by atoms with Crippen LogP contribution in [0.25, 0.3) is 0 Å². The number of hydrogen-bond acceptors (Lipinski definition) is 7. The second-order valence-electron chi connectivity index (χ2n) is 3.51. The van der Waals surface area contributed by atoms with Gasteiger partial charge in [-0.25, -0.2) is 4.57 Å². The largest absolute Gasteiger partial charge is 0.470 e. The third-order valence-electron chi connectivity index (χ3n) is 2.33. The molecule has 96 valence electrons. The van der Waals surface area contributed by atoms with E-state index in [0.29, 0.717) is 0 Å². The molecule has 9 nitrogen and oxygen atoms in total. The Kier molecular flexibility index (Phi) is 4.06. The van der Waals surface area contributed by atoms with Gasteiger partial charge in [-0.15, -0.1) is 0 Å². The van der Waals surface area contributed by atoms with Crippen LogP contribution in [0.4, 0.5) is 0 Å². The number of hydrogen-bond donors (Lipinski definition) is 7. The first-order valence-electron chi connectivity index (χ1n) is 4.29. The summed E-state index contributed by atoms with van der Waals surface area (Å²) < 4.78 is 14.5. The van der Waals surface area contributed by atoms with Gasteiger partial charge in [0.15, 0.2) is 0 Å². The summed E-state index contributed by atoms with van der Waals surface area (Å²) in [5.74, 6) is 0. The van der Waals surface area contributed by atoms with Gasteiger partial charge in [0.05, 0.1) is 0 Å². The summed E-state index contributed by atoms with van der Waals surface area (Å²) in [5, 5.41) is 46.1. The molecule has 1 fully saturated rings. The first-order chi connectivity index (χ1) is 7.15. The molecule has 7 N–H and O–H groups in total. The first-order valence-corrected chi connectivity index (χ1v) is 5.82. The van der Waals surface area contributed by atoms with Crippen molar-refractivity contribution in [2.75, 3.05) is 0 Å². The van der Waals surface area contributed by atoms with E-state index in [1.807, 2.05) is 0 Å². The van der Waals surface area contributed by atoms with Crippen molar-refractivity contribution >= 4 is 7.82 Å². The van der Waals surface area contributed by atoms with Gasteiger partial charge in [0.25, 0.3) is 0 Å². The van der Waals surface area contributed by atoms with Gasteiger partial charge in [-0.2, -0.15) is 0 Å². The molecule has 1 rings (SSSR count). The third kappa shape index (κ3) is 2.77. The van der Waals surface area contributed by atoms with Crippen molar-refractivity contribution in [3.8, 4) is 0 Å². The van der Waals surface area contributed by atoms with Crippen molar-refractivity contribution in [2.24, 2.45) is 0 Å². The maximum atomic E-state index is 10.5. The van der Waals surface area contributed by atoms with E-state index in [-0.39, 0.29) is 0 Å². The number of rotatable bonds is 2. The van der Waals surface area contributed by atoms with Crippen LogP contribution in [0.1, 0.15) is 0 Å². The maximum absolute atomic E-state index is 10.5. The molecule has 0 aromatic rings. The van der Waals surface area contributed by atoms with Crippen molar-refractivity contribution in [3.05, 3.63) is 0 Å². The van der Waals surface area contributed by atoms with E-state index >= 15 is 0 Å². The minimum absolute atomic E-state index is 1.83. The van der Waals surface area contributed by atoms with E-state index in [9.17, 15) is 25.0 Å². The smallest absolute Gasteiger partial charge is 0.387 e. The fraction of sp³-hybridized carbons (Fsp3) is 1.00. The molecule has 6 atom stereocenters. The molecule has 0 bridgehead atoms.